The molecule has 1 atom stereocenters. The molecule has 0 aliphatic rings. The van der Waals surface area contributed by atoms with Crippen molar-refractivity contribution in [1.29, 1.82) is 0 Å². The number of carbonyl (C=O) groups is 1. The maximum atomic E-state index is 11.5. The summed E-state index contributed by atoms with van der Waals surface area (Å²) in [4.78, 5) is 12.7. The van der Waals surface area contributed by atoms with Gasteiger partial charge >= 0.3 is 0 Å². The predicted octanol–water partition coefficient (Wildman–Crippen LogP) is -0.383. The Morgan fingerprint density at radius 1 is 1.40 bits per heavy atom. The molecule has 1 unspecified atom stereocenters. The van der Waals surface area contributed by atoms with Gasteiger partial charge in [0.25, 0.3) is 0 Å². The first-order valence-corrected chi connectivity index (χ1v) is 6.84. The molecule has 0 bridgehead atoms. The maximum absolute atomic E-state index is 11.5. The van der Waals surface area contributed by atoms with E-state index in [4.69, 9.17) is 5.73 Å². The van der Waals surface area contributed by atoms with Gasteiger partial charge < -0.3 is 10.6 Å². The van der Waals surface area contributed by atoms with Gasteiger partial charge in [0, 0.05) is 19.6 Å². The van der Waals surface area contributed by atoms with Crippen molar-refractivity contribution in [2.24, 2.45) is 5.73 Å². The topological polar surface area (TPSA) is 80.5 Å². The zero-order chi connectivity index (χ0) is 12.1. The predicted molar refractivity (Wildman–Crippen MR) is 60.2 cm³/mol. The lowest BCUT2D eigenvalue weighted by molar-refractivity contribution is -0.126. The Morgan fingerprint density at radius 2 is 1.93 bits per heavy atom. The van der Waals surface area contributed by atoms with Gasteiger partial charge in [0.15, 0.2) is 9.84 Å². The molecule has 0 aromatic carbocycles. The van der Waals surface area contributed by atoms with Crippen molar-refractivity contribution < 1.29 is 13.2 Å². The molecule has 0 heterocycles. The molecule has 0 saturated heterocycles. The second-order valence-corrected chi connectivity index (χ2v) is 5.74. The van der Waals surface area contributed by atoms with Crippen LogP contribution in [0.5, 0.6) is 0 Å². The van der Waals surface area contributed by atoms with Crippen LogP contribution >= 0.6 is 0 Å². The Hall–Kier alpha value is -0.620. The van der Waals surface area contributed by atoms with Crippen LogP contribution in [0, 0.1) is 0 Å². The number of rotatable bonds is 6. The van der Waals surface area contributed by atoms with Crippen molar-refractivity contribution in [2.45, 2.75) is 26.3 Å². The summed E-state index contributed by atoms with van der Waals surface area (Å²) in [6.45, 7) is 4.12. The Morgan fingerprint density at radius 3 is 2.33 bits per heavy atom. The van der Waals surface area contributed by atoms with Gasteiger partial charge in [-0.3, -0.25) is 4.79 Å². The quantitative estimate of drug-likeness (QED) is 0.681. The van der Waals surface area contributed by atoms with Gasteiger partial charge in [0.05, 0.1) is 5.75 Å². The third kappa shape index (κ3) is 5.74. The van der Waals surface area contributed by atoms with E-state index in [1.807, 2.05) is 6.92 Å². The van der Waals surface area contributed by atoms with Crippen molar-refractivity contribution in [2.75, 3.05) is 25.1 Å². The highest BCUT2D eigenvalue weighted by molar-refractivity contribution is 7.92. The monoisotopic (exact) mass is 236 g/mol. The highest BCUT2D eigenvalue weighted by Gasteiger charge is 2.21. The van der Waals surface area contributed by atoms with Crippen LogP contribution in [-0.4, -0.2) is 50.4 Å². The summed E-state index contributed by atoms with van der Waals surface area (Å²) in [5.74, 6) is -0.932. The Bertz CT molecular complexity index is 300. The molecule has 6 heteroatoms. The minimum atomic E-state index is -3.36. The van der Waals surface area contributed by atoms with Crippen molar-refractivity contribution in [3.8, 4) is 0 Å². The van der Waals surface area contributed by atoms with Gasteiger partial charge in [-0.15, -0.1) is 0 Å². The molecule has 15 heavy (non-hydrogen) atoms. The molecule has 0 radical (unpaired) electrons. The smallest absolute Gasteiger partial charge is 0.237 e. The average Bonchev–Trinajstić information content (AvgIpc) is 2.14. The van der Waals surface area contributed by atoms with Crippen LogP contribution in [0.15, 0.2) is 0 Å². The van der Waals surface area contributed by atoms with Gasteiger partial charge in [-0.05, 0) is 13.3 Å². The normalized spacial score (nSPS) is 13.6. The molecule has 0 saturated carbocycles. The molecule has 0 aliphatic carbocycles. The van der Waals surface area contributed by atoms with E-state index in [1.165, 1.54) is 4.90 Å². The van der Waals surface area contributed by atoms with E-state index in [-0.39, 0.29) is 17.7 Å². The van der Waals surface area contributed by atoms with E-state index in [9.17, 15) is 13.2 Å². The fraction of sp³-hybridized carbons (Fsp3) is 0.889. The van der Waals surface area contributed by atoms with E-state index in [1.54, 1.807) is 14.0 Å². The first-order valence-electron chi connectivity index (χ1n) is 5.02. The second kappa shape index (κ2) is 6.07. The number of hydrogen-bond donors (Lipinski definition) is 1. The lowest BCUT2D eigenvalue weighted by Gasteiger charge is -2.15. The van der Waals surface area contributed by atoms with E-state index < -0.39 is 15.6 Å². The summed E-state index contributed by atoms with van der Waals surface area (Å²) in [6, 6.07) is -0.380. The van der Waals surface area contributed by atoms with Crippen molar-refractivity contribution in [1.82, 2.24) is 4.90 Å². The van der Waals surface area contributed by atoms with Crippen molar-refractivity contribution >= 4 is 15.7 Å². The van der Waals surface area contributed by atoms with Gasteiger partial charge in [0.1, 0.15) is 5.75 Å². The zero-order valence-electron chi connectivity index (χ0n) is 9.56. The lowest BCUT2D eigenvalue weighted by Crippen LogP contribution is -2.37. The SMILES string of the molecule is CCC(N)CS(=O)(=O)CC(=O)N(C)CC. The summed E-state index contributed by atoms with van der Waals surface area (Å²) < 4.78 is 23.0. The first kappa shape index (κ1) is 14.4. The van der Waals surface area contributed by atoms with Gasteiger partial charge in [0.2, 0.25) is 5.91 Å². The fourth-order valence-corrected chi connectivity index (χ4v) is 2.58. The summed E-state index contributed by atoms with van der Waals surface area (Å²) in [5.41, 5.74) is 5.54. The van der Waals surface area contributed by atoms with E-state index in [0.717, 1.165) is 0 Å². The lowest BCUT2D eigenvalue weighted by atomic mass is 10.3. The maximum Gasteiger partial charge on any atom is 0.237 e. The van der Waals surface area contributed by atoms with Gasteiger partial charge in [-0.2, -0.15) is 0 Å². The number of sulfone groups is 1. The van der Waals surface area contributed by atoms with Gasteiger partial charge in [-0.25, -0.2) is 8.42 Å². The average molecular weight is 236 g/mol. The van der Waals surface area contributed by atoms with Crippen LogP contribution in [0.25, 0.3) is 0 Å². The summed E-state index contributed by atoms with van der Waals surface area (Å²) >= 11 is 0. The van der Waals surface area contributed by atoms with Crippen LogP contribution in [-0.2, 0) is 14.6 Å². The molecule has 2 N–H and O–H groups in total. The number of amides is 1. The Kier molecular flexibility index (Phi) is 5.82. The zero-order valence-corrected chi connectivity index (χ0v) is 10.4. The number of nitrogens with two attached hydrogens (primary N) is 1. The number of carbonyl (C=O) groups excluding carboxylic acids is 1. The fourth-order valence-electron chi connectivity index (χ4n) is 0.978. The largest absolute Gasteiger partial charge is 0.345 e. The molecule has 0 fully saturated rings. The van der Waals surface area contributed by atoms with E-state index >= 15 is 0 Å². The summed E-state index contributed by atoms with van der Waals surface area (Å²) in [7, 11) is -1.78. The molecule has 0 rings (SSSR count). The third-order valence-electron chi connectivity index (χ3n) is 2.24. The molecule has 0 aromatic heterocycles. The minimum Gasteiger partial charge on any atom is -0.345 e. The third-order valence-corrected chi connectivity index (χ3v) is 3.86. The van der Waals surface area contributed by atoms with Gasteiger partial charge in [-0.1, -0.05) is 6.92 Å². The molecular weight excluding hydrogens is 216 g/mol. The molecular formula is C9H20N2O3S. The van der Waals surface area contributed by atoms with E-state index in [0.29, 0.717) is 13.0 Å². The van der Waals surface area contributed by atoms with Crippen LogP contribution in [0.1, 0.15) is 20.3 Å². The van der Waals surface area contributed by atoms with Crippen molar-refractivity contribution in [3.63, 3.8) is 0 Å². The first-order chi connectivity index (χ1) is 6.82. The van der Waals surface area contributed by atoms with E-state index in [2.05, 4.69) is 0 Å². The highest BCUT2D eigenvalue weighted by atomic mass is 32.2. The van der Waals surface area contributed by atoms with Crippen LogP contribution in [0.2, 0.25) is 0 Å². The summed E-state index contributed by atoms with van der Waals surface area (Å²) in [5, 5.41) is 0. The standard InChI is InChI=1S/C9H20N2O3S/c1-4-8(10)6-15(13,14)7-9(12)11(3)5-2/h8H,4-7,10H2,1-3H3. The Labute approximate surface area is 91.5 Å². The molecule has 0 aromatic rings. The highest BCUT2D eigenvalue weighted by Crippen LogP contribution is 1.98. The molecule has 0 aliphatic heterocycles. The van der Waals surface area contributed by atoms with Crippen molar-refractivity contribution in [3.05, 3.63) is 0 Å². The molecule has 90 valence electrons. The second-order valence-electron chi connectivity index (χ2n) is 3.63. The number of nitrogens with zero attached hydrogens (tertiary/aromatic N) is 1. The molecule has 5 nitrogen and oxygen atoms in total. The number of hydrogen-bond acceptors (Lipinski definition) is 4. The van der Waals surface area contributed by atoms with Crippen LogP contribution in [0.3, 0.4) is 0 Å². The Balaban J connectivity index is 4.33. The molecule has 0 spiro atoms. The minimum absolute atomic E-state index is 0.118. The molecule has 1 amide bonds. The summed E-state index contributed by atoms with van der Waals surface area (Å²) in [6.07, 6.45) is 0.594. The van der Waals surface area contributed by atoms with Crippen LogP contribution < -0.4 is 5.73 Å². The van der Waals surface area contributed by atoms with Crippen LogP contribution in [0.4, 0.5) is 0 Å².